The lowest BCUT2D eigenvalue weighted by molar-refractivity contribution is -0.128. The number of amides is 2. The molecule has 0 rings (SSSR count). The summed E-state index contributed by atoms with van der Waals surface area (Å²) in [7, 11) is 0. The topological polar surface area (TPSA) is 112 Å². The van der Waals surface area contributed by atoms with Crippen LogP contribution in [0.5, 0.6) is 0 Å². The molecular weight excluding hydrogens is 146 g/mol. The van der Waals surface area contributed by atoms with E-state index in [0.29, 0.717) is 6.42 Å². The summed E-state index contributed by atoms with van der Waals surface area (Å²) in [5, 5.41) is 0. The Morgan fingerprint density at radius 2 is 1.82 bits per heavy atom. The van der Waals surface area contributed by atoms with Gasteiger partial charge in [0.1, 0.15) is 5.54 Å². The van der Waals surface area contributed by atoms with E-state index in [2.05, 4.69) is 0 Å². The van der Waals surface area contributed by atoms with Gasteiger partial charge in [0.25, 0.3) is 0 Å². The first-order chi connectivity index (χ1) is 4.92. The molecule has 0 aromatic heterocycles. The van der Waals surface area contributed by atoms with Crippen LogP contribution in [0, 0.1) is 0 Å². The summed E-state index contributed by atoms with van der Waals surface area (Å²) >= 11 is 0. The normalized spacial score (nSPS) is 15.5. The van der Waals surface area contributed by atoms with E-state index >= 15 is 0 Å². The van der Waals surface area contributed by atoms with Crippen molar-refractivity contribution in [1.29, 1.82) is 0 Å². The maximum atomic E-state index is 10.7. The van der Waals surface area contributed by atoms with Gasteiger partial charge in [0.2, 0.25) is 11.8 Å². The van der Waals surface area contributed by atoms with Gasteiger partial charge in [-0.15, -0.1) is 0 Å². The van der Waals surface area contributed by atoms with Crippen molar-refractivity contribution < 1.29 is 9.59 Å². The lowest BCUT2D eigenvalue weighted by Crippen LogP contribution is -2.53. The lowest BCUT2D eigenvalue weighted by Gasteiger charge is -2.21. The molecule has 6 N–H and O–H groups in total. The Balaban J connectivity index is 4.34. The van der Waals surface area contributed by atoms with Crippen molar-refractivity contribution in [3.05, 3.63) is 0 Å². The van der Waals surface area contributed by atoms with Gasteiger partial charge in [0, 0.05) is 0 Å². The molecule has 5 heteroatoms. The van der Waals surface area contributed by atoms with Crippen LogP contribution in [-0.4, -0.2) is 17.4 Å². The zero-order chi connectivity index (χ0) is 9.07. The maximum Gasteiger partial charge on any atom is 0.238 e. The molecule has 0 bridgehead atoms. The molecule has 2 amide bonds. The quantitative estimate of drug-likeness (QED) is 0.461. The van der Waals surface area contributed by atoms with Gasteiger partial charge in [-0.25, -0.2) is 0 Å². The highest BCUT2D eigenvalue weighted by molar-refractivity contribution is 5.90. The number of carbonyl (C=O) groups is 2. The van der Waals surface area contributed by atoms with Crippen molar-refractivity contribution in [3.63, 3.8) is 0 Å². The Kier molecular flexibility index (Phi) is 3.00. The third kappa shape index (κ3) is 2.55. The molecule has 64 valence electrons. The van der Waals surface area contributed by atoms with Crippen molar-refractivity contribution in [3.8, 4) is 0 Å². The molecule has 1 unspecified atom stereocenters. The monoisotopic (exact) mass is 159 g/mol. The number of primary amides is 2. The van der Waals surface area contributed by atoms with E-state index in [1.165, 1.54) is 0 Å². The van der Waals surface area contributed by atoms with E-state index in [9.17, 15) is 9.59 Å². The van der Waals surface area contributed by atoms with E-state index in [4.69, 9.17) is 17.2 Å². The SMILES string of the molecule is CCC(N)(CC(N)=O)C(N)=O. The van der Waals surface area contributed by atoms with Gasteiger partial charge in [-0.2, -0.15) is 0 Å². The van der Waals surface area contributed by atoms with Gasteiger partial charge in [0.05, 0.1) is 6.42 Å². The Bertz CT molecular complexity index is 181. The number of rotatable bonds is 4. The molecule has 0 aliphatic rings. The Hall–Kier alpha value is -1.10. The summed E-state index contributed by atoms with van der Waals surface area (Å²) in [6.45, 7) is 1.67. The molecule has 11 heavy (non-hydrogen) atoms. The van der Waals surface area contributed by atoms with E-state index in [-0.39, 0.29) is 6.42 Å². The van der Waals surface area contributed by atoms with Gasteiger partial charge >= 0.3 is 0 Å². The van der Waals surface area contributed by atoms with Crippen LogP contribution in [0.2, 0.25) is 0 Å². The van der Waals surface area contributed by atoms with E-state index in [0.717, 1.165) is 0 Å². The molecule has 5 nitrogen and oxygen atoms in total. The molecule has 0 aliphatic heterocycles. The van der Waals surface area contributed by atoms with Crippen LogP contribution in [0.25, 0.3) is 0 Å². The molecule has 0 heterocycles. The van der Waals surface area contributed by atoms with Crippen LogP contribution in [-0.2, 0) is 9.59 Å². The van der Waals surface area contributed by atoms with Crippen molar-refractivity contribution in [2.75, 3.05) is 0 Å². The molecule has 0 saturated heterocycles. The van der Waals surface area contributed by atoms with E-state index < -0.39 is 17.4 Å². The van der Waals surface area contributed by atoms with Crippen molar-refractivity contribution in [2.24, 2.45) is 17.2 Å². The predicted octanol–water partition coefficient (Wildman–Crippen LogP) is -1.55. The third-order valence-electron chi connectivity index (χ3n) is 1.61. The fourth-order valence-corrected chi connectivity index (χ4v) is 0.697. The predicted molar refractivity (Wildman–Crippen MR) is 40.2 cm³/mol. The number of hydrogen-bond donors (Lipinski definition) is 3. The average Bonchev–Trinajstić information content (AvgIpc) is 1.86. The summed E-state index contributed by atoms with van der Waals surface area (Å²) < 4.78 is 0. The van der Waals surface area contributed by atoms with E-state index in [1.54, 1.807) is 6.92 Å². The maximum absolute atomic E-state index is 10.7. The summed E-state index contributed by atoms with van der Waals surface area (Å²) in [6, 6.07) is 0. The number of hydrogen-bond acceptors (Lipinski definition) is 3. The van der Waals surface area contributed by atoms with Crippen LogP contribution in [0.4, 0.5) is 0 Å². The van der Waals surface area contributed by atoms with Crippen LogP contribution in [0.15, 0.2) is 0 Å². The molecule has 0 saturated carbocycles. The van der Waals surface area contributed by atoms with Gasteiger partial charge < -0.3 is 17.2 Å². The summed E-state index contributed by atoms with van der Waals surface area (Å²) in [6.07, 6.45) is 0.115. The van der Waals surface area contributed by atoms with Crippen LogP contribution < -0.4 is 17.2 Å². The number of nitrogens with two attached hydrogens (primary N) is 3. The van der Waals surface area contributed by atoms with Crippen LogP contribution >= 0.6 is 0 Å². The number of carbonyl (C=O) groups excluding carboxylic acids is 2. The molecular formula is C6H13N3O2. The first kappa shape index (κ1) is 9.90. The molecule has 0 aromatic carbocycles. The van der Waals surface area contributed by atoms with Gasteiger partial charge in [0.15, 0.2) is 0 Å². The minimum atomic E-state index is -1.27. The first-order valence-corrected chi connectivity index (χ1v) is 3.29. The van der Waals surface area contributed by atoms with Gasteiger partial charge in [-0.1, -0.05) is 6.92 Å². The van der Waals surface area contributed by atoms with Crippen molar-refractivity contribution in [2.45, 2.75) is 25.3 Å². The highest BCUT2D eigenvalue weighted by atomic mass is 16.2. The summed E-state index contributed by atoms with van der Waals surface area (Å²) in [5.41, 5.74) is 14.0. The highest BCUT2D eigenvalue weighted by Crippen LogP contribution is 2.09. The minimum absolute atomic E-state index is 0.196. The molecule has 0 aliphatic carbocycles. The van der Waals surface area contributed by atoms with Crippen LogP contribution in [0.1, 0.15) is 19.8 Å². The molecule has 0 aromatic rings. The minimum Gasteiger partial charge on any atom is -0.370 e. The summed E-state index contributed by atoms with van der Waals surface area (Å²) in [4.78, 5) is 21.1. The zero-order valence-corrected chi connectivity index (χ0v) is 6.46. The molecule has 1 atom stereocenters. The smallest absolute Gasteiger partial charge is 0.238 e. The largest absolute Gasteiger partial charge is 0.370 e. The summed E-state index contributed by atoms with van der Waals surface area (Å²) in [5.74, 6) is -1.31. The highest BCUT2D eigenvalue weighted by Gasteiger charge is 2.31. The third-order valence-corrected chi connectivity index (χ3v) is 1.61. The lowest BCUT2D eigenvalue weighted by atomic mass is 9.92. The second kappa shape index (κ2) is 3.34. The van der Waals surface area contributed by atoms with Crippen LogP contribution in [0.3, 0.4) is 0 Å². The average molecular weight is 159 g/mol. The fraction of sp³-hybridized carbons (Fsp3) is 0.667. The molecule has 0 spiro atoms. The Morgan fingerprint density at radius 3 is 1.91 bits per heavy atom. The first-order valence-electron chi connectivity index (χ1n) is 3.29. The zero-order valence-electron chi connectivity index (χ0n) is 6.46. The van der Waals surface area contributed by atoms with Crippen molar-refractivity contribution >= 4 is 11.8 Å². The second-order valence-electron chi connectivity index (χ2n) is 2.52. The molecule has 0 radical (unpaired) electrons. The van der Waals surface area contributed by atoms with Gasteiger partial charge in [-0.05, 0) is 6.42 Å². The Morgan fingerprint density at radius 1 is 1.36 bits per heavy atom. The van der Waals surface area contributed by atoms with Gasteiger partial charge in [-0.3, -0.25) is 9.59 Å². The Labute approximate surface area is 64.9 Å². The van der Waals surface area contributed by atoms with E-state index in [1.807, 2.05) is 0 Å². The molecule has 0 fully saturated rings. The second-order valence-corrected chi connectivity index (χ2v) is 2.52. The van der Waals surface area contributed by atoms with Crippen molar-refractivity contribution in [1.82, 2.24) is 0 Å². The fourth-order valence-electron chi connectivity index (χ4n) is 0.697. The standard InChI is InChI=1S/C6H13N3O2/c1-2-6(9,5(8)11)3-4(7)10/h2-3,9H2,1H3,(H2,7,10)(H2,8,11).